The van der Waals surface area contributed by atoms with Crippen molar-refractivity contribution in [2.45, 2.75) is 16.4 Å². The van der Waals surface area contributed by atoms with Gasteiger partial charge in [-0.15, -0.1) is 0 Å². The summed E-state index contributed by atoms with van der Waals surface area (Å²) in [5.41, 5.74) is 5.35. The fourth-order valence-electron chi connectivity index (χ4n) is 3.15. The molecule has 150 valence electrons. The highest BCUT2D eigenvalue weighted by Gasteiger charge is 2.23. The van der Waals surface area contributed by atoms with Crippen LogP contribution in [-0.4, -0.2) is 36.5 Å². The topological polar surface area (TPSA) is 69.2 Å². The molecule has 29 heavy (non-hydrogen) atoms. The number of anilines is 3. The van der Waals surface area contributed by atoms with Crippen molar-refractivity contribution in [2.75, 3.05) is 36.2 Å². The number of nitrogens with one attached hydrogen (secondary N) is 3. The van der Waals surface area contributed by atoms with Crippen LogP contribution in [0.3, 0.4) is 0 Å². The number of aromatic nitrogens is 1. The zero-order chi connectivity index (χ0) is 20.2. The smallest absolute Gasteiger partial charge is 0.125 e. The molecule has 1 aliphatic heterocycles. The molecule has 1 aromatic heterocycles. The Balaban J connectivity index is 1.43. The number of aliphatic hydroxyl groups excluding tert-OH is 1. The van der Waals surface area contributed by atoms with Crippen LogP contribution in [-0.2, 0) is 0 Å². The Bertz CT molecular complexity index is 966. The summed E-state index contributed by atoms with van der Waals surface area (Å²) in [6, 6.07) is 18.5. The lowest BCUT2D eigenvalue weighted by atomic mass is 10.1. The molecule has 0 amide bonds. The van der Waals surface area contributed by atoms with Gasteiger partial charge in [0.1, 0.15) is 17.9 Å². The molecule has 2 aromatic carbocycles. The number of hydrogen-bond acceptors (Lipinski definition) is 6. The quantitative estimate of drug-likeness (QED) is 0.451. The molecule has 0 saturated carbocycles. The van der Waals surface area contributed by atoms with Crippen LogP contribution in [0.4, 0.5) is 21.6 Å². The molecular weight excluding hydrogens is 387 g/mol. The number of hydrogen-bond donors (Lipinski definition) is 4. The molecule has 2 unspecified atom stereocenters. The molecule has 0 saturated heterocycles. The largest absolute Gasteiger partial charge is 0.389 e. The molecule has 2 atom stereocenters. The standard InChI is InChI=1S/C22H23FN4OS/c1-24-21-9-6-16(12-26-21)14-2-4-15(5-3-14)22-27-19-8-7-17(10-20(19)29-22)25-13-18(28)11-23/h2-10,12,18,22,25,27-28H,11,13H2,1H3,(H,24,26). The second-order valence-electron chi connectivity index (χ2n) is 6.85. The summed E-state index contributed by atoms with van der Waals surface area (Å²) in [7, 11) is 1.85. The van der Waals surface area contributed by atoms with Crippen molar-refractivity contribution >= 4 is 29.0 Å². The number of nitrogens with zero attached hydrogens (tertiary/aromatic N) is 1. The Kier molecular flexibility index (Phi) is 5.87. The SMILES string of the molecule is CNc1ccc(-c2ccc(C3Nc4ccc(NCC(O)CF)cc4S3)cc2)cn1. The van der Waals surface area contributed by atoms with Crippen LogP contribution in [0, 0.1) is 0 Å². The lowest BCUT2D eigenvalue weighted by Crippen LogP contribution is -2.21. The summed E-state index contributed by atoms with van der Waals surface area (Å²) in [5, 5.41) is 19.1. The maximum Gasteiger partial charge on any atom is 0.125 e. The van der Waals surface area contributed by atoms with Crippen LogP contribution in [0.2, 0.25) is 0 Å². The molecule has 2 heterocycles. The van der Waals surface area contributed by atoms with E-state index >= 15 is 0 Å². The van der Waals surface area contributed by atoms with Crippen LogP contribution in [0.1, 0.15) is 10.9 Å². The van der Waals surface area contributed by atoms with E-state index < -0.39 is 12.8 Å². The Morgan fingerprint density at radius 1 is 1.14 bits per heavy atom. The zero-order valence-electron chi connectivity index (χ0n) is 16.0. The first-order valence-electron chi connectivity index (χ1n) is 9.45. The van der Waals surface area contributed by atoms with Gasteiger partial charge in [-0.1, -0.05) is 36.0 Å². The molecule has 3 aromatic rings. The second-order valence-corrected chi connectivity index (χ2v) is 7.99. The van der Waals surface area contributed by atoms with Crippen LogP contribution in [0.15, 0.2) is 65.7 Å². The van der Waals surface area contributed by atoms with E-state index in [9.17, 15) is 9.50 Å². The van der Waals surface area contributed by atoms with E-state index in [1.54, 1.807) is 11.8 Å². The van der Waals surface area contributed by atoms with E-state index in [1.165, 1.54) is 5.56 Å². The van der Waals surface area contributed by atoms with Crippen molar-refractivity contribution in [3.05, 3.63) is 66.4 Å². The summed E-state index contributed by atoms with van der Waals surface area (Å²) in [6.45, 7) is -0.551. The molecular formula is C22H23FN4OS. The van der Waals surface area contributed by atoms with E-state index in [1.807, 2.05) is 37.5 Å². The van der Waals surface area contributed by atoms with E-state index in [4.69, 9.17) is 0 Å². The van der Waals surface area contributed by atoms with Gasteiger partial charge in [-0.05, 0) is 41.5 Å². The number of halogens is 1. The Morgan fingerprint density at radius 2 is 1.93 bits per heavy atom. The number of aliphatic hydroxyl groups is 1. The van der Waals surface area contributed by atoms with Crippen molar-refractivity contribution in [1.29, 1.82) is 0 Å². The zero-order valence-corrected chi connectivity index (χ0v) is 16.8. The Hall–Kier alpha value is -2.77. The number of benzene rings is 2. The van der Waals surface area contributed by atoms with Gasteiger partial charge in [0.2, 0.25) is 0 Å². The number of thioether (sulfide) groups is 1. The van der Waals surface area contributed by atoms with Gasteiger partial charge < -0.3 is 21.1 Å². The van der Waals surface area contributed by atoms with Gasteiger partial charge in [-0.3, -0.25) is 0 Å². The summed E-state index contributed by atoms with van der Waals surface area (Å²) in [4.78, 5) is 5.50. The van der Waals surface area contributed by atoms with E-state index in [0.29, 0.717) is 0 Å². The molecule has 7 heteroatoms. The summed E-state index contributed by atoms with van der Waals surface area (Å²) in [5.74, 6) is 0.850. The van der Waals surface area contributed by atoms with E-state index in [2.05, 4.69) is 51.3 Å². The average Bonchev–Trinajstić information content (AvgIpc) is 3.21. The number of rotatable bonds is 7. The van der Waals surface area contributed by atoms with E-state index in [-0.39, 0.29) is 11.9 Å². The molecule has 0 fully saturated rings. The van der Waals surface area contributed by atoms with Crippen molar-refractivity contribution < 1.29 is 9.50 Å². The summed E-state index contributed by atoms with van der Waals surface area (Å²) in [6.07, 6.45) is 0.887. The van der Waals surface area contributed by atoms with Gasteiger partial charge in [0.05, 0.1) is 6.10 Å². The van der Waals surface area contributed by atoms with Crippen molar-refractivity contribution in [3.8, 4) is 11.1 Å². The molecule has 5 nitrogen and oxygen atoms in total. The van der Waals surface area contributed by atoms with Gasteiger partial charge >= 0.3 is 0 Å². The normalized spacial score (nSPS) is 16.0. The van der Waals surface area contributed by atoms with Crippen LogP contribution in [0.5, 0.6) is 0 Å². The monoisotopic (exact) mass is 410 g/mol. The van der Waals surface area contributed by atoms with Gasteiger partial charge in [-0.2, -0.15) is 0 Å². The number of alkyl halides is 1. The molecule has 0 aliphatic carbocycles. The fraction of sp³-hybridized carbons (Fsp3) is 0.227. The summed E-state index contributed by atoms with van der Waals surface area (Å²) >= 11 is 1.74. The summed E-state index contributed by atoms with van der Waals surface area (Å²) < 4.78 is 12.4. The third-order valence-electron chi connectivity index (χ3n) is 4.80. The third kappa shape index (κ3) is 4.46. The minimum atomic E-state index is -0.982. The lowest BCUT2D eigenvalue weighted by Gasteiger charge is -2.12. The van der Waals surface area contributed by atoms with Crippen molar-refractivity contribution in [1.82, 2.24) is 4.98 Å². The highest BCUT2D eigenvalue weighted by Crippen LogP contribution is 2.47. The molecule has 0 spiro atoms. The minimum Gasteiger partial charge on any atom is -0.389 e. The Labute approximate surface area is 173 Å². The van der Waals surface area contributed by atoms with Gasteiger partial charge in [0, 0.05) is 41.6 Å². The minimum absolute atomic E-state index is 0.135. The number of pyridine rings is 1. The molecule has 0 radical (unpaired) electrons. The van der Waals surface area contributed by atoms with Crippen LogP contribution < -0.4 is 16.0 Å². The van der Waals surface area contributed by atoms with Gasteiger partial charge in [0.15, 0.2) is 0 Å². The predicted octanol–water partition coefficient (Wildman–Crippen LogP) is 4.75. The van der Waals surface area contributed by atoms with Crippen molar-refractivity contribution in [3.63, 3.8) is 0 Å². The second kappa shape index (κ2) is 8.71. The average molecular weight is 411 g/mol. The fourth-order valence-corrected chi connectivity index (χ4v) is 4.33. The predicted molar refractivity (Wildman–Crippen MR) is 118 cm³/mol. The Morgan fingerprint density at radius 3 is 2.62 bits per heavy atom. The molecule has 4 rings (SSSR count). The van der Waals surface area contributed by atoms with Gasteiger partial charge in [0.25, 0.3) is 0 Å². The first kappa shape index (κ1) is 19.5. The molecule has 1 aliphatic rings. The lowest BCUT2D eigenvalue weighted by molar-refractivity contribution is 0.151. The number of fused-ring (bicyclic) bond motifs is 1. The van der Waals surface area contributed by atoms with Gasteiger partial charge in [-0.25, -0.2) is 9.37 Å². The van der Waals surface area contributed by atoms with Crippen LogP contribution >= 0.6 is 11.8 Å². The highest BCUT2D eigenvalue weighted by molar-refractivity contribution is 8.00. The third-order valence-corrected chi connectivity index (χ3v) is 6.02. The molecule has 0 bridgehead atoms. The van der Waals surface area contributed by atoms with E-state index in [0.717, 1.165) is 33.2 Å². The maximum atomic E-state index is 12.4. The maximum absolute atomic E-state index is 12.4. The molecule has 4 N–H and O–H groups in total. The van der Waals surface area contributed by atoms with Crippen LogP contribution in [0.25, 0.3) is 11.1 Å². The first-order valence-corrected chi connectivity index (χ1v) is 10.3. The first-order chi connectivity index (χ1) is 14.2. The highest BCUT2D eigenvalue weighted by atomic mass is 32.2. The van der Waals surface area contributed by atoms with Crippen molar-refractivity contribution in [2.24, 2.45) is 0 Å².